The highest BCUT2D eigenvalue weighted by Gasteiger charge is 2.33. The maximum absolute atomic E-state index is 12.9. The Kier molecular flexibility index (Phi) is 4.94. The van der Waals surface area contributed by atoms with E-state index in [4.69, 9.17) is 16.1 Å². The van der Waals surface area contributed by atoms with E-state index in [2.05, 4.69) is 15.1 Å². The van der Waals surface area contributed by atoms with Gasteiger partial charge in [-0.3, -0.25) is 4.98 Å². The number of hydrogen-bond acceptors (Lipinski definition) is 6. The number of hydrogen-bond donors (Lipinski definition) is 0. The second-order valence-corrected chi connectivity index (χ2v) is 8.73. The van der Waals surface area contributed by atoms with Crippen LogP contribution in [-0.4, -0.2) is 40.9 Å². The van der Waals surface area contributed by atoms with E-state index in [0.29, 0.717) is 29.8 Å². The topological polar surface area (TPSA) is 89.2 Å². The third kappa shape index (κ3) is 3.73. The van der Waals surface area contributed by atoms with Crippen LogP contribution in [-0.2, 0) is 10.0 Å². The zero-order valence-electron chi connectivity index (χ0n) is 14.3. The van der Waals surface area contributed by atoms with Gasteiger partial charge in [0, 0.05) is 36.1 Å². The summed E-state index contributed by atoms with van der Waals surface area (Å²) in [6, 6.07) is 9.84. The van der Waals surface area contributed by atoms with Crippen LogP contribution >= 0.6 is 11.6 Å². The van der Waals surface area contributed by atoms with Gasteiger partial charge in [0.2, 0.25) is 21.7 Å². The van der Waals surface area contributed by atoms with Crippen molar-refractivity contribution in [2.24, 2.45) is 0 Å². The zero-order chi connectivity index (χ0) is 18.9. The molecule has 7 nitrogen and oxygen atoms in total. The molecule has 1 aliphatic rings. The lowest BCUT2D eigenvalue weighted by Gasteiger charge is -2.30. The molecule has 2 aromatic heterocycles. The molecule has 1 fully saturated rings. The number of piperidine rings is 1. The van der Waals surface area contributed by atoms with Crippen LogP contribution in [0.5, 0.6) is 0 Å². The summed E-state index contributed by atoms with van der Waals surface area (Å²) in [7, 11) is -3.59. The monoisotopic (exact) mass is 404 g/mol. The van der Waals surface area contributed by atoms with Crippen molar-refractivity contribution < 1.29 is 12.9 Å². The number of pyridine rings is 1. The van der Waals surface area contributed by atoms with E-state index in [1.54, 1.807) is 30.6 Å². The average Bonchev–Trinajstić information content (AvgIpc) is 3.19. The molecule has 0 radical (unpaired) electrons. The molecule has 140 valence electrons. The maximum Gasteiger partial charge on any atom is 0.243 e. The number of nitrogens with zero attached hydrogens (tertiary/aromatic N) is 4. The van der Waals surface area contributed by atoms with E-state index < -0.39 is 10.0 Å². The Labute approximate surface area is 162 Å². The van der Waals surface area contributed by atoms with Crippen LogP contribution in [0.2, 0.25) is 5.02 Å². The fourth-order valence-electron chi connectivity index (χ4n) is 3.13. The second-order valence-electron chi connectivity index (χ2n) is 6.35. The molecule has 0 unspecified atom stereocenters. The summed E-state index contributed by atoms with van der Waals surface area (Å²) in [5, 5.41) is 4.51. The third-order valence-corrected chi connectivity index (χ3v) is 6.68. The third-order valence-electron chi connectivity index (χ3n) is 4.55. The molecule has 0 saturated carbocycles. The number of halogens is 1. The second kappa shape index (κ2) is 7.38. The highest BCUT2D eigenvalue weighted by Crippen LogP contribution is 2.30. The predicted molar refractivity (Wildman–Crippen MR) is 99.7 cm³/mol. The first-order valence-corrected chi connectivity index (χ1v) is 10.4. The molecular weight excluding hydrogens is 388 g/mol. The van der Waals surface area contributed by atoms with Crippen molar-refractivity contribution in [3.05, 3.63) is 59.7 Å². The van der Waals surface area contributed by atoms with Crippen molar-refractivity contribution in [2.45, 2.75) is 23.7 Å². The summed E-state index contributed by atoms with van der Waals surface area (Å²) in [6.07, 6.45) is 4.85. The standard InChI is InChI=1S/C18H17ClN4O3S/c19-15-5-7-16(8-6-15)27(24,25)23-10-2-4-14(12-23)18-21-17(22-26-18)13-3-1-9-20-11-13/h1,3,5-9,11,14H,2,4,10,12H2/t14-/m0/s1. The Morgan fingerprint density at radius 1 is 1.19 bits per heavy atom. The van der Waals surface area contributed by atoms with Gasteiger partial charge < -0.3 is 4.52 Å². The fourth-order valence-corrected chi connectivity index (χ4v) is 4.78. The summed E-state index contributed by atoms with van der Waals surface area (Å²) in [5.74, 6) is 0.763. The molecule has 9 heteroatoms. The van der Waals surface area contributed by atoms with Crippen LogP contribution in [0, 0.1) is 0 Å². The number of rotatable bonds is 4. The molecule has 3 aromatic rings. The van der Waals surface area contributed by atoms with E-state index in [1.165, 1.54) is 16.4 Å². The van der Waals surface area contributed by atoms with Gasteiger partial charge in [-0.1, -0.05) is 16.8 Å². The van der Waals surface area contributed by atoms with E-state index in [-0.39, 0.29) is 10.8 Å². The quantitative estimate of drug-likeness (QED) is 0.662. The zero-order valence-corrected chi connectivity index (χ0v) is 15.9. The minimum absolute atomic E-state index is 0.140. The van der Waals surface area contributed by atoms with Crippen molar-refractivity contribution >= 4 is 21.6 Å². The van der Waals surface area contributed by atoms with Crippen LogP contribution in [0.25, 0.3) is 11.4 Å². The first-order chi connectivity index (χ1) is 13.0. The highest BCUT2D eigenvalue weighted by atomic mass is 35.5. The molecular formula is C18H17ClN4O3S. The normalized spacial score (nSPS) is 18.5. The molecule has 27 heavy (non-hydrogen) atoms. The van der Waals surface area contributed by atoms with E-state index in [9.17, 15) is 8.42 Å². The Bertz CT molecular complexity index is 1020. The lowest BCUT2D eigenvalue weighted by molar-refractivity contribution is 0.265. The summed E-state index contributed by atoms with van der Waals surface area (Å²) in [4.78, 5) is 8.73. The first-order valence-electron chi connectivity index (χ1n) is 8.54. The lowest BCUT2D eigenvalue weighted by atomic mass is 10.00. The number of aromatic nitrogens is 3. The minimum Gasteiger partial charge on any atom is -0.339 e. The van der Waals surface area contributed by atoms with Gasteiger partial charge in [-0.05, 0) is 49.2 Å². The van der Waals surface area contributed by atoms with E-state index in [1.807, 2.05) is 6.07 Å². The SMILES string of the molecule is O=S(=O)(c1ccc(Cl)cc1)N1CCC[C@H](c2nc(-c3cccnc3)no2)C1. The summed E-state index contributed by atoms with van der Waals surface area (Å²) < 4.78 is 32.7. The molecule has 0 spiro atoms. The Hall–Kier alpha value is -2.29. The minimum atomic E-state index is -3.59. The fraction of sp³-hybridized carbons (Fsp3) is 0.278. The Morgan fingerprint density at radius 2 is 2.00 bits per heavy atom. The van der Waals surface area contributed by atoms with Gasteiger partial charge in [-0.2, -0.15) is 9.29 Å². The van der Waals surface area contributed by atoms with Gasteiger partial charge in [-0.25, -0.2) is 8.42 Å². The molecule has 1 saturated heterocycles. The number of sulfonamides is 1. The van der Waals surface area contributed by atoms with Crippen LogP contribution in [0.15, 0.2) is 58.2 Å². The molecule has 1 aromatic carbocycles. The summed E-state index contributed by atoms with van der Waals surface area (Å²) in [6.45, 7) is 0.769. The summed E-state index contributed by atoms with van der Waals surface area (Å²) in [5.41, 5.74) is 0.758. The Balaban J connectivity index is 1.55. The molecule has 0 aliphatic carbocycles. The highest BCUT2D eigenvalue weighted by molar-refractivity contribution is 7.89. The van der Waals surface area contributed by atoms with Gasteiger partial charge in [-0.15, -0.1) is 0 Å². The Morgan fingerprint density at radius 3 is 2.74 bits per heavy atom. The van der Waals surface area contributed by atoms with Gasteiger partial charge in [0.15, 0.2) is 0 Å². The number of benzene rings is 1. The largest absolute Gasteiger partial charge is 0.339 e. The van der Waals surface area contributed by atoms with Gasteiger partial charge in [0.1, 0.15) is 0 Å². The molecule has 0 bridgehead atoms. The van der Waals surface area contributed by atoms with Crippen LogP contribution in [0.1, 0.15) is 24.7 Å². The maximum atomic E-state index is 12.9. The van der Waals surface area contributed by atoms with Gasteiger partial charge in [0.25, 0.3) is 0 Å². The lowest BCUT2D eigenvalue weighted by Crippen LogP contribution is -2.39. The predicted octanol–water partition coefficient (Wildman–Crippen LogP) is 3.35. The summed E-state index contributed by atoms with van der Waals surface area (Å²) >= 11 is 5.86. The van der Waals surface area contributed by atoms with Crippen molar-refractivity contribution in [3.8, 4) is 11.4 Å². The average molecular weight is 405 g/mol. The van der Waals surface area contributed by atoms with Crippen molar-refractivity contribution in [1.82, 2.24) is 19.4 Å². The van der Waals surface area contributed by atoms with Crippen molar-refractivity contribution in [1.29, 1.82) is 0 Å². The van der Waals surface area contributed by atoms with Crippen LogP contribution in [0.4, 0.5) is 0 Å². The molecule has 0 N–H and O–H groups in total. The smallest absolute Gasteiger partial charge is 0.243 e. The van der Waals surface area contributed by atoms with E-state index in [0.717, 1.165) is 18.4 Å². The van der Waals surface area contributed by atoms with Crippen molar-refractivity contribution in [3.63, 3.8) is 0 Å². The molecule has 3 heterocycles. The van der Waals surface area contributed by atoms with Crippen LogP contribution < -0.4 is 0 Å². The van der Waals surface area contributed by atoms with Gasteiger partial charge >= 0.3 is 0 Å². The first kappa shape index (κ1) is 18.1. The molecule has 1 aliphatic heterocycles. The van der Waals surface area contributed by atoms with Crippen molar-refractivity contribution in [2.75, 3.05) is 13.1 Å². The van der Waals surface area contributed by atoms with Crippen LogP contribution in [0.3, 0.4) is 0 Å². The molecule has 1 atom stereocenters. The molecule has 4 rings (SSSR count). The van der Waals surface area contributed by atoms with Gasteiger partial charge in [0.05, 0.1) is 10.8 Å². The van der Waals surface area contributed by atoms with E-state index >= 15 is 0 Å². The molecule has 0 amide bonds.